The lowest BCUT2D eigenvalue weighted by atomic mass is 10.1. The van der Waals surface area contributed by atoms with Gasteiger partial charge in [0.05, 0.1) is 22.6 Å². The molecule has 8 nitrogen and oxygen atoms in total. The van der Waals surface area contributed by atoms with Gasteiger partial charge < -0.3 is 20.0 Å². The molecule has 3 rings (SSSR count). The number of anilines is 3. The van der Waals surface area contributed by atoms with Gasteiger partial charge in [-0.3, -0.25) is 4.79 Å². The number of carbonyl (C=O) groups excluding carboxylic acids is 1. The Morgan fingerprint density at radius 2 is 1.69 bits per heavy atom. The van der Waals surface area contributed by atoms with Gasteiger partial charge in [0.25, 0.3) is 5.91 Å². The molecule has 0 fully saturated rings. The summed E-state index contributed by atoms with van der Waals surface area (Å²) < 4.78 is 0. The molecule has 29 heavy (non-hydrogen) atoms. The number of para-hydroxylation sites is 1. The van der Waals surface area contributed by atoms with E-state index in [0.717, 1.165) is 11.4 Å². The molecule has 9 heteroatoms. The molecule has 1 heterocycles. The number of amides is 3. The van der Waals surface area contributed by atoms with E-state index in [-0.39, 0.29) is 12.5 Å². The van der Waals surface area contributed by atoms with Gasteiger partial charge in [0.1, 0.15) is 0 Å². The Bertz CT molecular complexity index is 951. The van der Waals surface area contributed by atoms with Gasteiger partial charge in [0.15, 0.2) is 0 Å². The minimum Gasteiger partial charge on any atom is -0.465 e. The molecule has 0 atom stereocenters. The van der Waals surface area contributed by atoms with E-state index in [1.165, 1.54) is 0 Å². The van der Waals surface area contributed by atoms with Crippen molar-refractivity contribution in [1.82, 2.24) is 4.90 Å². The van der Waals surface area contributed by atoms with Crippen molar-refractivity contribution in [3.8, 4) is 0 Å². The van der Waals surface area contributed by atoms with Gasteiger partial charge >= 0.3 is 12.2 Å². The maximum Gasteiger partial charge on any atom is 0.416 e. The predicted octanol–water partition coefficient (Wildman–Crippen LogP) is 4.51. The topological polar surface area (TPSA) is 101 Å². The van der Waals surface area contributed by atoms with Crippen LogP contribution in [0.25, 0.3) is 0 Å². The second-order valence-corrected chi connectivity index (χ2v) is 7.03. The Hall–Kier alpha value is -3.26. The van der Waals surface area contributed by atoms with E-state index in [9.17, 15) is 14.4 Å². The van der Waals surface area contributed by atoms with Crippen molar-refractivity contribution in [2.75, 3.05) is 29.9 Å². The highest BCUT2D eigenvalue weighted by molar-refractivity contribution is 6.31. The smallest absolute Gasteiger partial charge is 0.416 e. The highest BCUT2D eigenvalue weighted by Gasteiger charge is 2.29. The van der Waals surface area contributed by atoms with Crippen LogP contribution in [-0.4, -0.2) is 53.3 Å². The van der Waals surface area contributed by atoms with Crippen LogP contribution < -0.4 is 9.80 Å². The molecule has 0 aromatic heterocycles. The summed E-state index contributed by atoms with van der Waals surface area (Å²) >= 11 is 6.21. The first-order chi connectivity index (χ1) is 13.8. The van der Waals surface area contributed by atoms with Crippen molar-refractivity contribution in [2.24, 2.45) is 0 Å². The lowest BCUT2D eigenvalue weighted by Crippen LogP contribution is -2.35. The number of hydrogen-bond donors (Lipinski definition) is 2. The number of fused-ring (bicyclic) bond motifs is 2. The van der Waals surface area contributed by atoms with Gasteiger partial charge in [-0.25, -0.2) is 14.5 Å². The molecule has 0 spiro atoms. The molecule has 152 valence electrons. The summed E-state index contributed by atoms with van der Waals surface area (Å²) in [6.07, 6.45) is -2.14. The van der Waals surface area contributed by atoms with Gasteiger partial charge in [-0.2, -0.15) is 0 Å². The van der Waals surface area contributed by atoms with E-state index in [1.807, 2.05) is 17.0 Å². The van der Waals surface area contributed by atoms with Crippen molar-refractivity contribution >= 4 is 46.8 Å². The zero-order valence-corrected chi connectivity index (χ0v) is 16.5. The zero-order chi connectivity index (χ0) is 21.1. The Kier molecular flexibility index (Phi) is 5.93. The molecule has 1 aliphatic heterocycles. The molecule has 0 aliphatic carbocycles. The molecule has 3 amide bonds. The van der Waals surface area contributed by atoms with E-state index >= 15 is 0 Å². The summed E-state index contributed by atoms with van der Waals surface area (Å²) in [5.41, 5.74) is 2.72. The standard InChI is InChI=1S/C20H20ClN3O5/c1-22-16-9-8-13(21)12-17(16)23(15-7-3-2-6-14(15)18(22)25)10-4-5-11-24(19(26)27)20(28)29/h2-3,6-9,12H,4-5,10-11H2,1H3,(H,26,27)(H,28,29). The van der Waals surface area contributed by atoms with Gasteiger partial charge in [-0.05, 0) is 43.2 Å². The van der Waals surface area contributed by atoms with Crippen LogP contribution in [0.1, 0.15) is 23.2 Å². The molecule has 2 N–H and O–H groups in total. The lowest BCUT2D eigenvalue weighted by Gasteiger charge is -2.27. The Morgan fingerprint density at radius 3 is 2.38 bits per heavy atom. The normalized spacial score (nSPS) is 12.8. The van der Waals surface area contributed by atoms with Crippen LogP contribution in [-0.2, 0) is 0 Å². The average Bonchev–Trinajstić information content (AvgIpc) is 2.76. The third-order valence-electron chi connectivity index (χ3n) is 4.79. The monoisotopic (exact) mass is 417 g/mol. The fourth-order valence-electron chi connectivity index (χ4n) is 3.36. The summed E-state index contributed by atoms with van der Waals surface area (Å²) in [4.78, 5) is 38.8. The van der Waals surface area contributed by atoms with E-state index in [1.54, 1.807) is 42.3 Å². The number of hydrogen-bond acceptors (Lipinski definition) is 4. The van der Waals surface area contributed by atoms with Crippen LogP contribution in [0.15, 0.2) is 42.5 Å². The molecule has 0 radical (unpaired) electrons. The van der Waals surface area contributed by atoms with E-state index in [2.05, 4.69) is 0 Å². The summed E-state index contributed by atoms with van der Waals surface area (Å²) in [6.45, 7) is 0.333. The van der Waals surface area contributed by atoms with Crippen LogP contribution in [0.4, 0.5) is 26.7 Å². The minimum absolute atomic E-state index is 0.124. The quantitative estimate of drug-likeness (QED) is 0.694. The van der Waals surface area contributed by atoms with E-state index < -0.39 is 12.2 Å². The van der Waals surface area contributed by atoms with Crippen molar-refractivity contribution in [2.45, 2.75) is 12.8 Å². The second-order valence-electron chi connectivity index (χ2n) is 6.59. The molecule has 1 aliphatic rings. The molecule has 0 unspecified atom stereocenters. The number of imide groups is 1. The maximum atomic E-state index is 12.9. The van der Waals surface area contributed by atoms with E-state index in [4.69, 9.17) is 21.8 Å². The van der Waals surface area contributed by atoms with Crippen LogP contribution >= 0.6 is 11.6 Å². The van der Waals surface area contributed by atoms with Crippen LogP contribution in [0.5, 0.6) is 0 Å². The zero-order valence-electron chi connectivity index (χ0n) is 15.7. The first-order valence-corrected chi connectivity index (χ1v) is 9.36. The van der Waals surface area contributed by atoms with Crippen LogP contribution in [0.2, 0.25) is 5.02 Å². The maximum absolute atomic E-state index is 12.9. The summed E-state index contributed by atoms with van der Waals surface area (Å²) in [5.74, 6) is -0.144. The van der Waals surface area contributed by atoms with Crippen molar-refractivity contribution in [1.29, 1.82) is 0 Å². The van der Waals surface area contributed by atoms with Gasteiger partial charge in [0.2, 0.25) is 0 Å². The number of rotatable bonds is 5. The number of carboxylic acid groups (broad SMARTS) is 2. The number of benzene rings is 2. The highest BCUT2D eigenvalue weighted by Crippen LogP contribution is 2.41. The van der Waals surface area contributed by atoms with Crippen LogP contribution in [0, 0.1) is 0 Å². The van der Waals surface area contributed by atoms with Gasteiger partial charge in [0, 0.05) is 25.2 Å². The molecule has 0 saturated heterocycles. The Morgan fingerprint density at radius 1 is 1.00 bits per heavy atom. The number of unbranched alkanes of at least 4 members (excludes halogenated alkanes) is 1. The summed E-state index contributed by atoms with van der Waals surface area (Å²) in [5, 5.41) is 18.4. The van der Waals surface area contributed by atoms with Crippen molar-refractivity contribution in [3.05, 3.63) is 53.1 Å². The second kappa shape index (κ2) is 8.40. The summed E-state index contributed by atoms with van der Waals surface area (Å²) in [6, 6.07) is 12.5. The molecule has 2 aromatic rings. The first kappa shape index (κ1) is 20.5. The highest BCUT2D eigenvalue weighted by atomic mass is 35.5. The fraction of sp³-hybridized carbons (Fsp3) is 0.250. The first-order valence-electron chi connectivity index (χ1n) is 8.99. The Labute approximate surface area is 172 Å². The third-order valence-corrected chi connectivity index (χ3v) is 5.03. The predicted molar refractivity (Wildman–Crippen MR) is 110 cm³/mol. The number of nitrogens with zero attached hydrogens (tertiary/aromatic N) is 3. The summed E-state index contributed by atoms with van der Waals surface area (Å²) in [7, 11) is 1.70. The van der Waals surface area contributed by atoms with Crippen LogP contribution in [0.3, 0.4) is 0 Å². The Balaban J connectivity index is 1.89. The molecule has 2 aromatic carbocycles. The van der Waals surface area contributed by atoms with E-state index in [0.29, 0.717) is 40.6 Å². The van der Waals surface area contributed by atoms with Crippen molar-refractivity contribution < 1.29 is 24.6 Å². The minimum atomic E-state index is -1.50. The third kappa shape index (κ3) is 4.12. The fourth-order valence-corrected chi connectivity index (χ4v) is 3.53. The molecular formula is C20H20ClN3O5. The lowest BCUT2D eigenvalue weighted by molar-refractivity contribution is 0.0993. The largest absolute Gasteiger partial charge is 0.465 e. The number of halogens is 1. The molecular weight excluding hydrogens is 398 g/mol. The van der Waals surface area contributed by atoms with Gasteiger partial charge in [-0.1, -0.05) is 23.7 Å². The van der Waals surface area contributed by atoms with Crippen molar-refractivity contribution in [3.63, 3.8) is 0 Å². The SMILES string of the molecule is CN1C(=O)c2ccccc2N(CCCCN(C(=O)O)C(=O)O)c2cc(Cl)ccc21. The molecule has 0 saturated carbocycles. The molecule has 0 bridgehead atoms. The van der Waals surface area contributed by atoms with Gasteiger partial charge in [-0.15, -0.1) is 0 Å². The average molecular weight is 418 g/mol. The number of carbonyl (C=O) groups is 3.